The molecule has 8 rings (SSSR count). The average molecular weight is 1020 g/mol. The lowest BCUT2D eigenvalue weighted by molar-refractivity contribution is -0.0880. The van der Waals surface area contributed by atoms with Crippen molar-refractivity contribution in [3.05, 3.63) is 287 Å². The standard InChI is InChI=1S/C32H38O2Si2.C20H26.C18H22/c1-35(2,3)33-31(27-19-11-7-12-20-27,28-21-13-8-14-22-28)32(34-36(4,5)6,29-23-15-9-16-24-29)30-25-17-10-18-26-30;1-5-19(3,17-13-9-7-10-14-17)20(4,6-2)18-15-11-8-12-16-18;1-17(2,15-11-7-5-8-12-15)18(3,4)16-13-9-6-10-14-16/h7-26H,1-6H3;7-16H,5-6H2,1-4H3;5-14H,1-4H3. The van der Waals surface area contributed by atoms with Crippen LogP contribution in [0.4, 0.5) is 0 Å². The van der Waals surface area contributed by atoms with Gasteiger partial charge in [0.05, 0.1) is 0 Å². The third-order valence-corrected chi connectivity index (χ3v) is 18.0. The highest BCUT2D eigenvalue weighted by atomic mass is 28.4. The lowest BCUT2D eigenvalue weighted by Gasteiger charge is -2.55. The third-order valence-electron chi connectivity index (χ3n) is 16.1. The molecular formula is C70H86O2Si2. The molecule has 0 bridgehead atoms. The minimum atomic E-state index is -2.17. The molecule has 4 heteroatoms. The quantitative estimate of drug-likeness (QED) is 0.0847. The number of benzene rings is 8. The summed E-state index contributed by atoms with van der Waals surface area (Å²) in [7, 11) is -4.35. The van der Waals surface area contributed by atoms with Gasteiger partial charge in [-0.3, -0.25) is 0 Å². The molecule has 0 heterocycles. The molecule has 0 aliphatic heterocycles. The Hall–Kier alpha value is -5.89. The first-order valence-electron chi connectivity index (χ1n) is 27.0. The lowest BCUT2D eigenvalue weighted by atomic mass is 9.56. The zero-order valence-electron chi connectivity index (χ0n) is 47.3. The molecule has 0 N–H and O–H groups in total. The summed E-state index contributed by atoms with van der Waals surface area (Å²) in [6, 6.07) is 86.2. The normalized spacial score (nSPS) is 14.0. The molecule has 0 spiro atoms. The Labute approximate surface area is 450 Å². The molecule has 0 radical (unpaired) electrons. The maximum absolute atomic E-state index is 7.55. The Morgan fingerprint density at radius 1 is 0.257 bits per heavy atom. The highest BCUT2D eigenvalue weighted by molar-refractivity contribution is 6.70. The Morgan fingerprint density at radius 2 is 0.419 bits per heavy atom. The van der Waals surface area contributed by atoms with Gasteiger partial charge in [0.15, 0.2) is 16.6 Å². The molecule has 2 nitrogen and oxygen atoms in total. The van der Waals surface area contributed by atoms with Crippen LogP contribution in [0.5, 0.6) is 0 Å². The molecule has 0 amide bonds. The molecule has 0 aromatic heterocycles. The van der Waals surface area contributed by atoms with E-state index in [0.29, 0.717) is 0 Å². The summed E-state index contributed by atoms with van der Waals surface area (Å²) < 4.78 is 15.1. The van der Waals surface area contributed by atoms with E-state index in [0.717, 1.165) is 35.1 Å². The zero-order chi connectivity index (χ0) is 53.7. The van der Waals surface area contributed by atoms with Crippen LogP contribution in [0.15, 0.2) is 243 Å². The van der Waals surface area contributed by atoms with E-state index in [2.05, 4.69) is 337 Å². The van der Waals surface area contributed by atoms with Crippen LogP contribution in [0.2, 0.25) is 39.3 Å². The van der Waals surface area contributed by atoms with Crippen molar-refractivity contribution in [1.82, 2.24) is 0 Å². The lowest BCUT2D eigenvalue weighted by Crippen LogP contribution is -2.60. The molecule has 0 fully saturated rings. The largest absolute Gasteiger partial charge is 0.401 e. The number of hydrogen-bond donors (Lipinski definition) is 0. The van der Waals surface area contributed by atoms with Gasteiger partial charge in [0.25, 0.3) is 0 Å². The van der Waals surface area contributed by atoms with Gasteiger partial charge >= 0.3 is 0 Å². The zero-order valence-corrected chi connectivity index (χ0v) is 49.3. The van der Waals surface area contributed by atoms with Crippen LogP contribution in [0, 0.1) is 0 Å². The van der Waals surface area contributed by atoms with Gasteiger partial charge in [0.1, 0.15) is 11.2 Å². The third kappa shape index (κ3) is 12.3. The summed E-state index contributed by atoms with van der Waals surface area (Å²) in [4.78, 5) is 0. The fourth-order valence-electron chi connectivity index (χ4n) is 11.0. The van der Waals surface area contributed by atoms with Crippen molar-refractivity contribution in [2.75, 3.05) is 0 Å². The summed E-state index contributed by atoms with van der Waals surface area (Å²) >= 11 is 0. The predicted molar refractivity (Wildman–Crippen MR) is 323 cm³/mol. The Balaban J connectivity index is 0.000000198. The minimum absolute atomic E-state index is 0.0929. The Morgan fingerprint density at radius 3 is 0.581 bits per heavy atom. The molecule has 2 atom stereocenters. The van der Waals surface area contributed by atoms with E-state index < -0.39 is 27.8 Å². The second-order valence-corrected chi connectivity index (χ2v) is 32.2. The van der Waals surface area contributed by atoms with Gasteiger partial charge in [-0.2, -0.15) is 0 Å². The summed E-state index contributed by atoms with van der Waals surface area (Å²) in [5, 5.41) is 0. The van der Waals surface area contributed by atoms with Gasteiger partial charge < -0.3 is 8.85 Å². The first-order valence-corrected chi connectivity index (χ1v) is 33.8. The van der Waals surface area contributed by atoms with Crippen LogP contribution in [-0.4, -0.2) is 16.6 Å². The van der Waals surface area contributed by atoms with Crippen LogP contribution in [-0.2, 0) is 41.7 Å². The van der Waals surface area contributed by atoms with Crippen molar-refractivity contribution in [1.29, 1.82) is 0 Å². The fraction of sp³-hybridized carbons (Fsp3) is 0.314. The second-order valence-electron chi connectivity index (χ2n) is 23.3. The van der Waals surface area contributed by atoms with E-state index in [4.69, 9.17) is 8.85 Å². The fourth-order valence-corrected chi connectivity index (χ4v) is 13.6. The molecule has 8 aromatic carbocycles. The van der Waals surface area contributed by atoms with E-state index in [-0.39, 0.29) is 21.7 Å². The van der Waals surface area contributed by atoms with E-state index >= 15 is 0 Å². The molecule has 74 heavy (non-hydrogen) atoms. The van der Waals surface area contributed by atoms with Crippen molar-refractivity contribution in [3.63, 3.8) is 0 Å². The van der Waals surface area contributed by atoms with Crippen LogP contribution >= 0.6 is 0 Å². The van der Waals surface area contributed by atoms with Gasteiger partial charge in [-0.15, -0.1) is 0 Å². The summed E-state index contributed by atoms with van der Waals surface area (Å²) in [5.41, 5.74) is 8.62. The molecule has 8 aromatic rings. The molecular weight excluding hydrogens is 929 g/mol. The van der Waals surface area contributed by atoms with E-state index in [1.165, 1.54) is 22.3 Å². The molecule has 0 aliphatic rings. The van der Waals surface area contributed by atoms with Crippen molar-refractivity contribution >= 4 is 16.6 Å². The van der Waals surface area contributed by atoms with Gasteiger partial charge in [-0.1, -0.05) is 298 Å². The van der Waals surface area contributed by atoms with Crippen LogP contribution < -0.4 is 0 Å². The van der Waals surface area contributed by atoms with Gasteiger partial charge in [0, 0.05) is 10.8 Å². The van der Waals surface area contributed by atoms with Crippen molar-refractivity contribution in [2.45, 2.75) is 140 Å². The van der Waals surface area contributed by atoms with Gasteiger partial charge in [0.2, 0.25) is 0 Å². The highest BCUT2D eigenvalue weighted by Gasteiger charge is 2.60. The maximum Gasteiger partial charge on any atom is 0.185 e. The van der Waals surface area contributed by atoms with Crippen molar-refractivity contribution in [2.24, 2.45) is 0 Å². The monoisotopic (exact) mass is 1010 g/mol. The van der Waals surface area contributed by atoms with Gasteiger partial charge in [-0.05, 0) is 107 Å². The van der Waals surface area contributed by atoms with Crippen LogP contribution in [0.3, 0.4) is 0 Å². The van der Waals surface area contributed by atoms with E-state index in [1.54, 1.807) is 0 Å². The molecule has 0 aliphatic carbocycles. The first-order chi connectivity index (χ1) is 35.1. The molecule has 386 valence electrons. The molecule has 0 saturated heterocycles. The average Bonchev–Trinajstić information content (AvgIpc) is 3.43. The van der Waals surface area contributed by atoms with Crippen molar-refractivity contribution in [3.8, 4) is 0 Å². The smallest absolute Gasteiger partial charge is 0.185 e. The number of rotatable bonds is 17. The second kappa shape index (κ2) is 24.2. The molecule has 2 unspecified atom stereocenters. The summed E-state index contributed by atoms with van der Waals surface area (Å²) in [5.74, 6) is 0. The van der Waals surface area contributed by atoms with E-state index in [1.807, 2.05) is 0 Å². The Kier molecular flexibility index (Phi) is 18.8. The SMILES string of the molecule is CC(C)(c1ccccc1)C(C)(C)c1ccccc1.CCC(C)(c1ccccc1)C(C)(CC)c1ccccc1.C[Si](C)(C)OC(c1ccccc1)(c1ccccc1)C(O[Si](C)(C)C)(c1ccccc1)c1ccccc1. The predicted octanol–water partition coefficient (Wildman–Crippen LogP) is 19.2. The molecule has 0 saturated carbocycles. The highest BCUT2D eigenvalue weighted by Crippen LogP contribution is 2.57. The van der Waals surface area contributed by atoms with Crippen LogP contribution in [0.1, 0.15) is 113 Å². The van der Waals surface area contributed by atoms with E-state index in [9.17, 15) is 0 Å². The Bertz CT molecular complexity index is 2580. The minimum Gasteiger partial charge on any atom is -0.401 e. The summed E-state index contributed by atoms with van der Waals surface area (Å²) in [6.45, 7) is 32.4. The maximum atomic E-state index is 7.55. The van der Waals surface area contributed by atoms with Gasteiger partial charge in [-0.25, -0.2) is 0 Å². The summed E-state index contributed by atoms with van der Waals surface area (Å²) in [6.07, 6.45) is 2.27. The van der Waals surface area contributed by atoms with Crippen LogP contribution in [0.25, 0.3) is 0 Å². The topological polar surface area (TPSA) is 18.5 Å². The number of hydrogen-bond acceptors (Lipinski definition) is 2. The van der Waals surface area contributed by atoms with Crippen molar-refractivity contribution < 1.29 is 8.85 Å². The first kappa shape index (κ1) is 57.4.